The molecule has 3 rings (SSSR count). The van der Waals surface area contributed by atoms with Crippen molar-refractivity contribution in [3.8, 4) is 0 Å². The summed E-state index contributed by atoms with van der Waals surface area (Å²) in [5.74, 6) is -1.51. The smallest absolute Gasteiger partial charge is 0.416 e. The number of rotatable bonds is 8. The molecular formula is C26H26F3NO4S. The molecule has 1 N–H and O–H groups in total. The van der Waals surface area contributed by atoms with E-state index in [1.165, 1.54) is 0 Å². The van der Waals surface area contributed by atoms with E-state index in [1.54, 1.807) is 37.3 Å². The zero-order valence-corrected chi connectivity index (χ0v) is 20.2. The number of nitrogens with one attached hydrogen (secondary N) is 1. The van der Waals surface area contributed by atoms with Gasteiger partial charge in [-0.1, -0.05) is 35.9 Å². The second kappa shape index (κ2) is 10.2. The number of benzene rings is 2. The summed E-state index contributed by atoms with van der Waals surface area (Å²) in [6.07, 6.45) is -2.48. The first-order valence-electron chi connectivity index (χ1n) is 11.0. The molecule has 1 amide bonds. The first-order chi connectivity index (χ1) is 16.5. The van der Waals surface area contributed by atoms with E-state index in [-0.39, 0.29) is 36.7 Å². The van der Waals surface area contributed by atoms with Crippen molar-refractivity contribution in [3.63, 3.8) is 0 Å². The maximum Gasteiger partial charge on any atom is 0.416 e. The predicted octanol–water partition coefficient (Wildman–Crippen LogP) is 5.51. The molecule has 0 bridgehead atoms. The van der Waals surface area contributed by atoms with Gasteiger partial charge in [-0.3, -0.25) is 4.79 Å². The molecule has 1 saturated heterocycles. The Morgan fingerprint density at radius 3 is 2.23 bits per heavy atom. The van der Waals surface area contributed by atoms with Crippen LogP contribution in [-0.4, -0.2) is 30.1 Å². The van der Waals surface area contributed by atoms with E-state index in [2.05, 4.69) is 11.9 Å². The molecule has 1 aliphatic rings. The summed E-state index contributed by atoms with van der Waals surface area (Å²) in [4.78, 5) is 27.3. The third-order valence-corrected chi connectivity index (χ3v) is 6.71. The Balaban J connectivity index is 2.22. The molecule has 186 valence electrons. The lowest BCUT2D eigenvalue weighted by Crippen LogP contribution is -2.64. The van der Waals surface area contributed by atoms with Crippen molar-refractivity contribution in [2.24, 2.45) is 5.41 Å². The lowest BCUT2D eigenvalue weighted by atomic mass is 9.63. The van der Waals surface area contributed by atoms with Crippen LogP contribution >= 0.6 is 12.2 Å². The van der Waals surface area contributed by atoms with E-state index in [4.69, 9.17) is 21.7 Å². The van der Waals surface area contributed by atoms with Crippen LogP contribution in [0.4, 0.5) is 13.2 Å². The number of hydrogen-bond donors (Lipinski definition) is 1. The van der Waals surface area contributed by atoms with Gasteiger partial charge in [0.05, 0.1) is 24.2 Å². The summed E-state index contributed by atoms with van der Waals surface area (Å²) in [7, 11) is 0. The molecule has 35 heavy (non-hydrogen) atoms. The Morgan fingerprint density at radius 2 is 1.74 bits per heavy atom. The van der Waals surface area contributed by atoms with Gasteiger partial charge in [0.25, 0.3) is 5.91 Å². The van der Waals surface area contributed by atoms with Crippen molar-refractivity contribution in [2.75, 3.05) is 13.2 Å². The van der Waals surface area contributed by atoms with E-state index in [9.17, 15) is 22.8 Å². The summed E-state index contributed by atoms with van der Waals surface area (Å²) in [5.41, 5.74) is -2.65. The Bertz CT molecular complexity index is 1110. The highest BCUT2D eigenvalue weighted by Gasteiger charge is 2.64. The average molecular weight is 506 g/mol. The highest BCUT2D eigenvalue weighted by atomic mass is 32.1. The molecule has 0 radical (unpaired) electrons. The van der Waals surface area contributed by atoms with Crippen LogP contribution in [0.1, 0.15) is 46.8 Å². The Kier molecular flexibility index (Phi) is 7.69. The minimum Gasteiger partial charge on any atom is -0.486 e. The summed E-state index contributed by atoms with van der Waals surface area (Å²) in [5, 5.41) is 2.94. The SMILES string of the molecule is C=CCC1(C(NC(=O)c2ccc(C(F)(F)F)cc2)(C(=O)OCC)c2ccc(C)cc2)CCOC1=S. The normalized spacial score (nSPS) is 19.4. The van der Waals surface area contributed by atoms with Crippen molar-refractivity contribution in [1.29, 1.82) is 0 Å². The number of carbonyl (C=O) groups is 2. The van der Waals surface area contributed by atoms with Crippen LogP contribution in [-0.2, 0) is 26.0 Å². The van der Waals surface area contributed by atoms with Gasteiger partial charge in [0.1, 0.15) is 0 Å². The second-order valence-electron chi connectivity index (χ2n) is 8.33. The maximum atomic E-state index is 13.8. The standard InChI is InChI=1S/C26H26F3NO4S/c1-4-14-24(15-16-34-23(24)35)25(22(32)33-5-2,19-10-6-17(3)7-11-19)30-21(31)18-8-12-20(13-9-18)26(27,28)29/h4,6-13H,1,5,14-16H2,2-3H3,(H,30,31). The minimum atomic E-state index is -4.55. The quantitative estimate of drug-likeness (QED) is 0.291. The second-order valence-corrected chi connectivity index (χ2v) is 8.70. The van der Waals surface area contributed by atoms with Gasteiger partial charge >= 0.3 is 12.1 Å². The maximum absolute atomic E-state index is 13.8. The molecule has 9 heteroatoms. The summed E-state index contributed by atoms with van der Waals surface area (Å²) >= 11 is 5.57. The predicted molar refractivity (Wildman–Crippen MR) is 129 cm³/mol. The highest BCUT2D eigenvalue weighted by Crippen LogP contribution is 2.51. The molecule has 0 spiro atoms. The molecule has 2 aromatic carbocycles. The molecule has 0 aromatic heterocycles. The molecule has 0 aliphatic carbocycles. The van der Waals surface area contributed by atoms with Crippen molar-refractivity contribution in [2.45, 2.75) is 38.4 Å². The molecule has 0 saturated carbocycles. The van der Waals surface area contributed by atoms with Crippen LogP contribution in [0.3, 0.4) is 0 Å². The molecule has 2 aromatic rings. The van der Waals surface area contributed by atoms with Gasteiger partial charge in [-0.25, -0.2) is 4.79 Å². The Hall–Kier alpha value is -3.20. The fourth-order valence-electron chi connectivity index (χ4n) is 4.41. The van der Waals surface area contributed by atoms with Gasteiger partial charge < -0.3 is 14.8 Å². The van der Waals surface area contributed by atoms with E-state index in [0.717, 1.165) is 29.8 Å². The van der Waals surface area contributed by atoms with Crippen molar-refractivity contribution < 1.29 is 32.2 Å². The van der Waals surface area contributed by atoms with Crippen molar-refractivity contribution >= 4 is 29.1 Å². The Morgan fingerprint density at radius 1 is 1.14 bits per heavy atom. The fourth-order valence-corrected chi connectivity index (χ4v) is 4.83. The number of carbonyl (C=O) groups excluding carboxylic acids is 2. The molecule has 1 heterocycles. The molecule has 1 aliphatic heterocycles. The van der Waals surface area contributed by atoms with Crippen molar-refractivity contribution in [1.82, 2.24) is 5.32 Å². The van der Waals surface area contributed by atoms with Crippen molar-refractivity contribution in [3.05, 3.63) is 83.4 Å². The van der Waals surface area contributed by atoms with Crippen LogP contribution in [0.15, 0.2) is 61.2 Å². The van der Waals surface area contributed by atoms with Gasteiger partial charge in [0.15, 0.2) is 10.6 Å². The highest BCUT2D eigenvalue weighted by molar-refractivity contribution is 7.80. The number of thiocarbonyl (C=S) groups is 1. The Labute approximate surface area is 207 Å². The topological polar surface area (TPSA) is 64.6 Å². The van der Waals surface area contributed by atoms with E-state index < -0.39 is 34.6 Å². The summed E-state index contributed by atoms with van der Waals surface area (Å²) < 4.78 is 50.2. The third kappa shape index (κ3) is 4.82. The van der Waals surface area contributed by atoms with Gasteiger partial charge in [-0.2, -0.15) is 13.2 Å². The fraction of sp³-hybridized carbons (Fsp3) is 0.346. The first kappa shape index (κ1) is 26.4. The van der Waals surface area contributed by atoms with Gasteiger partial charge in [-0.05, 0) is 68.7 Å². The first-order valence-corrected chi connectivity index (χ1v) is 11.4. The number of halogens is 3. The van der Waals surface area contributed by atoms with E-state index in [1.807, 2.05) is 6.92 Å². The van der Waals surface area contributed by atoms with Gasteiger partial charge in [0.2, 0.25) is 0 Å². The summed E-state index contributed by atoms with van der Waals surface area (Å²) in [6, 6.07) is 10.7. The average Bonchev–Trinajstić information content (AvgIpc) is 3.19. The van der Waals surface area contributed by atoms with Crippen LogP contribution in [0, 0.1) is 12.3 Å². The minimum absolute atomic E-state index is 0.0282. The number of amides is 1. The molecule has 2 atom stereocenters. The number of ether oxygens (including phenoxy) is 2. The third-order valence-electron chi connectivity index (χ3n) is 6.21. The van der Waals surface area contributed by atoms with Crippen LogP contribution < -0.4 is 5.32 Å². The van der Waals surface area contributed by atoms with Crippen LogP contribution in [0.2, 0.25) is 0 Å². The number of hydrogen-bond acceptors (Lipinski definition) is 5. The lowest BCUT2D eigenvalue weighted by Gasteiger charge is -2.45. The molecule has 5 nitrogen and oxygen atoms in total. The van der Waals surface area contributed by atoms with E-state index in [0.29, 0.717) is 5.56 Å². The molecule has 1 fully saturated rings. The number of esters is 1. The monoisotopic (exact) mass is 505 g/mol. The zero-order valence-electron chi connectivity index (χ0n) is 19.4. The van der Waals surface area contributed by atoms with Crippen LogP contribution in [0.5, 0.6) is 0 Å². The van der Waals surface area contributed by atoms with E-state index >= 15 is 0 Å². The lowest BCUT2D eigenvalue weighted by molar-refractivity contribution is -0.156. The molecule has 2 unspecified atom stereocenters. The summed E-state index contributed by atoms with van der Waals surface area (Å²) in [6.45, 7) is 7.57. The number of allylic oxidation sites excluding steroid dienone is 1. The molecular weight excluding hydrogens is 479 g/mol. The van der Waals surface area contributed by atoms with Gasteiger partial charge in [-0.15, -0.1) is 6.58 Å². The number of aryl methyl sites for hydroxylation is 1. The van der Waals surface area contributed by atoms with Gasteiger partial charge in [0, 0.05) is 5.56 Å². The number of alkyl halides is 3. The zero-order chi connectivity index (χ0) is 25.9. The van der Waals surface area contributed by atoms with Crippen LogP contribution in [0.25, 0.3) is 0 Å². The largest absolute Gasteiger partial charge is 0.486 e.